The monoisotopic (exact) mass is 238 g/mol. The highest BCUT2D eigenvalue weighted by molar-refractivity contribution is 5.67. The molecule has 0 atom stereocenters. The van der Waals surface area contributed by atoms with Crippen LogP contribution in [0.25, 0.3) is 6.08 Å². The fraction of sp³-hybridized carbons (Fsp3) is 0.500. The number of ether oxygens (including phenoxy) is 1. The van der Waals surface area contributed by atoms with E-state index in [4.69, 9.17) is 9.26 Å². The lowest BCUT2D eigenvalue weighted by atomic mass is 10.2. The number of alkyl carbamates (subject to hydrolysis) is 1. The number of carbonyl (C=O) groups excluding carboxylic acids is 1. The van der Waals surface area contributed by atoms with Crippen LogP contribution in [-0.4, -0.2) is 16.9 Å². The van der Waals surface area contributed by atoms with E-state index in [9.17, 15) is 4.79 Å². The van der Waals surface area contributed by atoms with Crippen LogP contribution in [0.5, 0.6) is 0 Å². The fourth-order valence-corrected chi connectivity index (χ4v) is 1.28. The molecule has 1 amide bonds. The summed E-state index contributed by atoms with van der Waals surface area (Å²) in [6.07, 6.45) is 1.17. The number of carbonyl (C=O) groups is 1. The summed E-state index contributed by atoms with van der Waals surface area (Å²) in [4.78, 5) is 11.4. The molecule has 0 bridgehead atoms. The SMILES string of the molecule is C=Cc1c(CNC(=O)OC(C)(C)C)noc1C. The van der Waals surface area contributed by atoms with Gasteiger partial charge in [-0.25, -0.2) is 4.79 Å². The standard InChI is InChI=1S/C12H18N2O3/c1-6-9-8(2)17-14-10(9)7-13-11(15)16-12(3,4)5/h6H,1,7H2,2-5H3,(H,13,15). The first-order valence-electron chi connectivity index (χ1n) is 5.38. The third kappa shape index (κ3) is 3.94. The summed E-state index contributed by atoms with van der Waals surface area (Å²) in [7, 11) is 0. The number of aromatic nitrogens is 1. The number of aryl methyl sites for hydroxylation is 1. The Hall–Kier alpha value is -1.78. The van der Waals surface area contributed by atoms with Gasteiger partial charge >= 0.3 is 6.09 Å². The Morgan fingerprint density at radius 2 is 2.24 bits per heavy atom. The molecule has 1 rings (SSSR count). The Kier molecular flexibility index (Phi) is 3.93. The summed E-state index contributed by atoms with van der Waals surface area (Å²) in [5.74, 6) is 0.681. The van der Waals surface area contributed by atoms with Crippen molar-refractivity contribution in [1.82, 2.24) is 10.5 Å². The average molecular weight is 238 g/mol. The lowest BCUT2D eigenvalue weighted by molar-refractivity contribution is 0.0522. The summed E-state index contributed by atoms with van der Waals surface area (Å²) >= 11 is 0. The third-order valence-corrected chi connectivity index (χ3v) is 1.99. The number of hydrogen-bond donors (Lipinski definition) is 1. The smallest absolute Gasteiger partial charge is 0.407 e. The van der Waals surface area contributed by atoms with Gasteiger partial charge in [0.1, 0.15) is 17.1 Å². The van der Waals surface area contributed by atoms with Crippen molar-refractivity contribution in [3.8, 4) is 0 Å². The summed E-state index contributed by atoms with van der Waals surface area (Å²) in [5.41, 5.74) is 0.940. The second-order valence-corrected chi connectivity index (χ2v) is 4.66. The number of nitrogens with one attached hydrogen (secondary N) is 1. The van der Waals surface area contributed by atoms with Gasteiger partial charge in [0.2, 0.25) is 0 Å². The van der Waals surface area contributed by atoms with Crippen LogP contribution in [0.3, 0.4) is 0 Å². The van der Waals surface area contributed by atoms with E-state index in [0.29, 0.717) is 11.5 Å². The van der Waals surface area contributed by atoms with E-state index in [1.54, 1.807) is 13.0 Å². The van der Waals surface area contributed by atoms with Crippen molar-refractivity contribution in [2.75, 3.05) is 0 Å². The molecule has 0 saturated heterocycles. The average Bonchev–Trinajstić information content (AvgIpc) is 2.53. The molecule has 1 aromatic heterocycles. The first-order chi connectivity index (χ1) is 7.83. The molecule has 0 saturated carbocycles. The Morgan fingerprint density at radius 3 is 2.76 bits per heavy atom. The van der Waals surface area contributed by atoms with Crippen molar-refractivity contribution in [3.05, 3.63) is 23.6 Å². The molecule has 0 fully saturated rings. The van der Waals surface area contributed by atoms with E-state index in [2.05, 4.69) is 17.1 Å². The quantitative estimate of drug-likeness (QED) is 0.879. The van der Waals surface area contributed by atoms with E-state index in [0.717, 1.165) is 5.56 Å². The summed E-state index contributed by atoms with van der Waals surface area (Å²) in [6, 6.07) is 0. The minimum Gasteiger partial charge on any atom is -0.444 e. The minimum absolute atomic E-state index is 0.258. The number of nitrogens with zero attached hydrogens (tertiary/aromatic N) is 1. The van der Waals surface area contributed by atoms with Crippen molar-refractivity contribution in [2.45, 2.75) is 39.8 Å². The molecule has 0 unspecified atom stereocenters. The lowest BCUT2D eigenvalue weighted by Gasteiger charge is -2.19. The van der Waals surface area contributed by atoms with Crippen LogP contribution in [0.15, 0.2) is 11.1 Å². The van der Waals surface area contributed by atoms with Crippen molar-refractivity contribution in [1.29, 1.82) is 0 Å². The largest absolute Gasteiger partial charge is 0.444 e. The molecular weight excluding hydrogens is 220 g/mol. The second-order valence-electron chi connectivity index (χ2n) is 4.66. The van der Waals surface area contributed by atoms with E-state index in [-0.39, 0.29) is 6.54 Å². The van der Waals surface area contributed by atoms with Crippen LogP contribution in [0.2, 0.25) is 0 Å². The highest BCUT2D eigenvalue weighted by atomic mass is 16.6. The lowest BCUT2D eigenvalue weighted by Crippen LogP contribution is -2.32. The molecular formula is C12H18N2O3. The van der Waals surface area contributed by atoms with Crippen LogP contribution in [0.4, 0.5) is 4.79 Å². The maximum absolute atomic E-state index is 11.4. The molecule has 5 nitrogen and oxygen atoms in total. The van der Waals surface area contributed by atoms with Gasteiger partial charge < -0.3 is 14.6 Å². The van der Waals surface area contributed by atoms with Gasteiger partial charge in [-0.1, -0.05) is 17.8 Å². The molecule has 94 valence electrons. The highest BCUT2D eigenvalue weighted by Gasteiger charge is 2.17. The van der Waals surface area contributed by atoms with Gasteiger partial charge in [-0.3, -0.25) is 0 Å². The second kappa shape index (κ2) is 5.03. The van der Waals surface area contributed by atoms with Gasteiger partial charge in [-0.2, -0.15) is 0 Å². The van der Waals surface area contributed by atoms with Crippen molar-refractivity contribution in [2.24, 2.45) is 0 Å². The predicted octanol–water partition coefficient (Wildman–Crippen LogP) is 2.65. The van der Waals surface area contributed by atoms with Crippen LogP contribution in [0, 0.1) is 6.92 Å². The van der Waals surface area contributed by atoms with Crippen molar-refractivity contribution >= 4 is 12.2 Å². The van der Waals surface area contributed by atoms with E-state index in [1.165, 1.54) is 0 Å². The molecule has 5 heteroatoms. The molecule has 0 aliphatic rings. The molecule has 0 aromatic carbocycles. The number of amides is 1. The third-order valence-electron chi connectivity index (χ3n) is 1.99. The fourth-order valence-electron chi connectivity index (χ4n) is 1.28. The molecule has 0 aliphatic carbocycles. The van der Waals surface area contributed by atoms with Crippen molar-refractivity contribution in [3.63, 3.8) is 0 Å². The highest BCUT2D eigenvalue weighted by Crippen LogP contribution is 2.14. The topological polar surface area (TPSA) is 64.4 Å². The molecule has 1 heterocycles. The molecule has 0 radical (unpaired) electrons. The zero-order chi connectivity index (χ0) is 13.1. The first-order valence-corrected chi connectivity index (χ1v) is 5.38. The molecule has 17 heavy (non-hydrogen) atoms. The van der Waals surface area contributed by atoms with Crippen LogP contribution in [0.1, 0.15) is 37.8 Å². The van der Waals surface area contributed by atoms with E-state index < -0.39 is 11.7 Å². The van der Waals surface area contributed by atoms with Gasteiger partial charge in [0.05, 0.1) is 6.54 Å². The summed E-state index contributed by atoms with van der Waals surface area (Å²) in [6.45, 7) is 11.1. The normalized spacial score (nSPS) is 11.1. The maximum atomic E-state index is 11.4. The number of hydrogen-bond acceptors (Lipinski definition) is 4. The van der Waals surface area contributed by atoms with Gasteiger partial charge in [-0.05, 0) is 27.7 Å². The Bertz CT molecular complexity index is 416. The van der Waals surface area contributed by atoms with E-state index in [1.807, 2.05) is 20.8 Å². The predicted molar refractivity (Wildman–Crippen MR) is 64.4 cm³/mol. The molecule has 0 spiro atoms. The maximum Gasteiger partial charge on any atom is 0.407 e. The first kappa shape index (κ1) is 13.3. The Morgan fingerprint density at radius 1 is 1.59 bits per heavy atom. The van der Waals surface area contributed by atoms with Gasteiger partial charge in [0.25, 0.3) is 0 Å². The zero-order valence-corrected chi connectivity index (χ0v) is 10.7. The van der Waals surface area contributed by atoms with Crippen LogP contribution < -0.4 is 5.32 Å². The number of rotatable bonds is 3. The van der Waals surface area contributed by atoms with Gasteiger partial charge in [0.15, 0.2) is 0 Å². The van der Waals surface area contributed by atoms with Crippen molar-refractivity contribution < 1.29 is 14.1 Å². The molecule has 0 aliphatic heterocycles. The van der Waals surface area contributed by atoms with Crippen LogP contribution >= 0.6 is 0 Å². The summed E-state index contributed by atoms with van der Waals surface area (Å²) < 4.78 is 10.1. The zero-order valence-electron chi connectivity index (χ0n) is 10.7. The van der Waals surface area contributed by atoms with E-state index >= 15 is 0 Å². The summed E-state index contributed by atoms with van der Waals surface area (Å²) in [5, 5.41) is 6.45. The Balaban J connectivity index is 2.56. The minimum atomic E-state index is -0.509. The van der Waals surface area contributed by atoms with Gasteiger partial charge in [-0.15, -0.1) is 0 Å². The molecule has 1 aromatic rings. The van der Waals surface area contributed by atoms with Crippen LogP contribution in [-0.2, 0) is 11.3 Å². The van der Waals surface area contributed by atoms with Gasteiger partial charge in [0, 0.05) is 5.56 Å². The Labute approximate surface area is 101 Å². The molecule has 1 N–H and O–H groups in total.